The van der Waals surface area contributed by atoms with Gasteiger partial charge in [-0.3, -0.25) is 24.1 Å². The molecule has 1 aliphatic heterocycles. The molecule has 1 aliphatic rings. The van der Waals surface area contributed by atoms with Crippen LogP contribution >= 0.6 is 11.8 Å². The van der Waals surface area contributed by atoms with E-state index in [1.54, 1.807) is 12.1 Å². The van der Waals surface area contributed by atoms with E-state index in [1.807, 2.05) is 0 Å². The summed E-state index contributed by atoms with van der Waals surface area (Å²) < 4.78 is 18.3. The predicted molar refractivity (Wildman–Crippen MR) is 113 cm³/mol. The molecule has 1 fully saturated rings. The lowest BCUT2D eigenvalue weighted by atomic mass is 10.2. The molecule has 1 saturated heterocycles. The van der Waals surface area contributed by atoms with Crippen molar-refractivity contribution in [1.29, 1.82) is 0 Å². The number of imide groups is 1. The molecule has 0 aromatic heterocycles. The average Bonchev–Trinajstić information content (AvgIpc) is 3.01. The Hall–Kier alpha value is -3.66. The van der Waals surface area contributed by atoms with E-state index in [-0.39, 0.29) is 30.2 Å². The van der Waals surface area contributed by atoms with Crippen LogP contribution in [0.1, 0.15) is 15.9 Å². The maximum absolute atomic E-state index is 13.0. The zero-order chi connectivity index (χ0) is 22.4. The van der Waals surface area contributed by atoms with Gasteiger partial charge in [0.15, 0.2) is 6.61 Å². The van der Waals surface area contributed by atoms with Crippen LogP contribution in [0.4, 0.5) is 9.18 Å². The second-order valence-corrected chi connectivity index (χ2v) is 7.41. The summed E-state index contributed by atoms with van der Waals surface area (Å²) in [5.41, 5.74) is 6.04. The minimum absolute atomic E-state index is 0.00563. The number of ether oxygens (including phenoxy) is 1. The third kappa shape index (κ3) is 5.92. The van der Waals surface area contributed by atoms with E-state index in [0.717, 1.165) is 16.7 Å². The first-order valence-corrected chi connectivity index (χ1v) is 9.95. The maximum atomic E-state index is 13.0. The number of nitrogens with two attached hydrogens (primary N) is 1. The van der Waals surface area contributed by atoms with Gasteiger partial charge in [0.05, 0.1) is 4.91 Å². The number of carbonyl (C=O) groups excluding carboxylic acids is 4. The summed E-state index contributed by atoms with van der Waals surface area (Å²) >= 11 is 0.780. The van der Waals surface area contributed by atoms with Gasteiger partial charge in [0.1, 0.15) is 11.6 Å². The van der Waals surface area contributed by atoms with E-state index < -0.39 is 28.8 Å². The van der Waals surface area contributed by atoms with E-state index >= 15 is 0 Å². The van der Waals surface area contributed by atoms with Crippen LogP contribution in [0, 0.1) is 5.82 Å². The van der Waals surface area contributed by atoms with Gasteiger partial charge in [-0.2, -0.15) is 0 Å². The second kappa shape index (κ2) is 9.90. The van der Waals surface area contributed by atoms with Crippen LogP contribution in [-0.2, 0) is 9.59 Å². The molecule has 0 bridgehead atoms. The van der Waals surface area contributed by atoms with Gasteiger partial charge >= 0.3 is 0 Å². The van der Waals surface area contributed by atoms with Crippen LogP contribution in [0.5, 0.6) is 5.75 Å². The zero-order valence-corrected chi connectivity index (χ0v) is 17.0. The molecule has 3 rings (SSSR count). The lowest BCUT2D eigenvalue weighted by Gasteiger charge is -2.13. The summed E-state index contributed by atoms with van der Waals surface area (Å²) in [4.78, 5) is 48.9. The molecule has 0 atom stereocenters. The van der Waals surface area contributed by atoms with Crippen molar-refractivity contribution in [3.05, 3.63) is 70.4 Å². The largest absolute Gasteiger partial charge is 0.484 e. The highest BCUT2D eigenvalue weighted by atomic mass is 32.2. The summed E-state index contributed by atoms with van der Waals surface area (Å²) in [5.74, 6) is -1.64. The zero-order valence-electron chi connectivity index (χ0n) is 16.2. The van der Waals surface area contributed by atoms with Gasteiger partial charge in [0.2, 0.25) is 5.91 Å². The number of hydrogen-bond acceptors (Lipinski definition) is 6. The Labute approximate surface area is 181 Å². The van der Waals surface area contributed by atoms with E-state index in [2.05, 4.69) is 5.32 Å². The van der Waals surface area contributed by atoms with Crippen molar-refractivity contribution in [1.82, 2.24) is 10.2 Å². The maximum Gasteiger partial charge on any atom is 0.293 e. The molecule has 1 heterocycles. The van der Waals surface area contributed by atoms with Gasteiger partial charge in [-0.25, -0.2) is 4.39 Å². The highest BCUT2D eigenvalue weighted by Gasteiger charge is 2.34. The average molecular weight is 443 g/mol. The van der Waals surface area contributed by atoms with Crippen molar-refractivity contribution in [2.45, 2.75) is 0 Å². The Balaban J connectivity index is 1.47. The van der Waals surface area contributed by atoms with E-state index in [1.165, 1.54) is 42.5 Å². The Morgan fingerprint density at radius 2 is 1.90 bits per heavy atom. The summed E-state index contributed by atoms with van der Waals surface area (Å²) in [6.45, 7) is -0.270. The summed E-state index contributed by atoms with van der Waals surface area (Å²) in [7, 11) is 0. The molecule has 4 amide bonds. The Kier molecular flexibility index (Phi) is 7.03. The van der Waals surface area contributed by atoms with E-state index in [9.17, 15) is 23.6 Å². The number of amides is 4. The van der Waals surface area contributed by atoms with Crippen LogP contribution in [-0.4, -0.2) is 47.6 Å². The van der Waals surface area contributed by atoms with Crippen LogP contribution in [0.3, 0.4) is 0 Å². The van der Waals surface area contributed by atoms with Crippen molar-refractivity contribution in [2.75, 3.05) is 19.7 Å². The fraction of sp³-hybridized carbons (Fsp3) is 0.143. The quantitative estimate of drug-likeness (QED) is 0.604. The number of hydrogen-bond donors (Lipinski definition) is 2. The molecule has 31 heavy (non-hydrogen) atoms. The number of benzene rings is 2. The molecular formula is C21H18FN3O5S. The van der Waals surface area contributed by atoms with E-state index in [4.69, 9.17) is 10.5 Å². The Bertz CT molecular complexity index is 1060. The number of halogens is 1. The molecule has 3 N–H and O–H groups in total. The molecule has 0 aliphatic carbocycles. The molecule has 2 aromatic carbocycles. The van der Waals surface area contributed by atoms with Gasteiger partial charge in [0, 0.05) is 18.7 Å². The molecule has 0 spiro atoms. The number of thioether (sulfide) groups is 1. The number of primary amides is 1. The first-order valence-electron chi connectivity index (χ1n) is 9.14. The van der Waals surface area contributed by atoms with Gasteiger partial charge in [-0.1, -0.05) is 18.2 Å². The minimum atomic E-state index is -0.611. The van der Waals surface area contributed by atoms with Crippen molar-refractivity contribution >= 4 is 40.8 Å². The SMILES string of the molecule is NC(=O)c1cccc(OCC(=O)NCCN2C(=O)SC(=Cc3ccc(F)cc3)C2=O)c1. The van der Waals surface area contributed by atoms with Crippen molar-refractivity contribution in [3.8, 4) is 5.75 Å². The highest BCUT2D eigenvalue weighted by molar-refractivity contribution is 8.18. The Morgan fingerprint density at radius 3 is 2.61 bits per heavy atom. The van der Waals surface area contributed by atoms with Crippen molar-refractivity contribution in [2.24, 2.45) is 5.73 Å². The van der Waals surface area contributed by atoms with Crippen LogP contribution in [0.15, 0.2) is 53.4 Å². The van der Waals surface area contributed by atoms with Gasteiger partial charge in [-0.05, 0) is 53.7 Å². The highest BCUT2D eigenvalue weighted by Crippen LogP contribution is 2.31. The third-order valence-electron chi connectivity index (χ3n) is 4.19. The van der Waals surface area contributed by atoms with Gasteiger partial charge < -0.3 is 15.8 Å². The first kappa shape index (κ1) is 22.0. The number of nitrogens with zero attached hydrogens (tertiary/aromatic N) is 1. The Morgan fingerprint density at radius 1 is 1.16 bits per heavy atom. The van der Waals surface area contributed by atoms with Gasteiger partial charge in [0.25, 0.3) is 17.1 Å². The number of rotatable bonds is 8. The van der Waals surface area contributed by atoms with Crippen molar-refractivity contribution < 1.29 is 28.3 Å². The summed E-state index contributed by atoms with van der Waals surface area (Å²) in [5, 5.41) is 2.11. The minimum Gasteiger partial charge on any atom is -0.484 e. The summed E-state index contributed by atoms with van der Waals surface area (Å²) in [6, 6.07) is 11.6. The van der Waals surface area contributed by atoms with E-state index in [0.29, 0.717) is 11.3 Å². The molecule has 160 valence electrons. The van der Waals surface area contributed by atoms with Gasteiger partial charge in [-0.15, -0.1) is 0 Å². The van der Waals surface area contributed by atoms with Crippen LogP contribution in [0.2, 0.25) is 0 Å². The molecule has 10 heteroatoms. The predicted octanol–water partition coefficient (Wildman–Crippen LogP) is 2.16. The molecule has 0 radical (unpaired) electrons. The van der Waals surface area contributed by atoms with Crippen molar-refractivity contribution in [3.63, 3.8) is 0 Å². The number of carbonyl (C=O) groups is 4. The van der Waals surface area contributed by atoms with Crippen LogP contribution < -0.4 is 15.8 Å². The molecule has 2 aromatic rings. The summed E-state index contributed by atoms with van der Waals surface area (Å²) in [6.07, 6.45) is 1.51. The smallest absolute Gasteiger partial charge is 0.293 e. The standard InChI is InChI=1S/C21H18FN3O5S/c22-15-6-4-13(5-7-15)10-17-20(28)25(21(29)31-17)9-8-24-18(26)12-30-16-3-1-2-14(11-16)19(23)27/h1-7,10-11H,8-9,12H2,(H2,23,27)(H,24,26). The third-order valence-corrected chi connectivity index (χ3v) is 5.09. The fourth-order valence-electron chi connectivity index (χ4n) is 2.65. The first-order chi connectivity index (χ1) is 14.8. The monoisotopic (exact) mass is 443 g/mol. The second-order valence-electron chi connectivity index (χ2n) is 6.42. The lowest BCUT2D eigenvalue weighted by Crippen LogP contribution is -2.38. The number of nitrogens with one attached hydrogen (secondary N) is 1. The fourth-order valence-corrected chi connectivity index (χ4v) is 3.51. The lowest BCUT2D eigenvalue weighted by molar-refractivity contribution is -0.125. The molecule has 0 saturated carbocycles. The molecule has 0 unspecified atom stereocenters. The normalized spacial score (nSPS) is 14.7. The topological polar surface area (TPSA) is 119 Å². The molecular weight excluding hydrogens is 425 g/mol. The van der Waals surface area contributed by atoms with Crippen LogP contribution in [0.25, 0.3) is 6.08 Å². The molecule has 8 nitrogen and oxygen atoms in total.